The molecule has 3 rings (SSSR count). The molecule has 0 radical (unpaired) electrons. The normalized spacial score (nSPS) is 32.2. The van der Waals surface area contributed by atoms with E-state index in [1.54, 1.807) is 0 Å². The van der Waals surface area contributed by atoms with Crippen LogP contribution in [0.15, 0.2) is 6.20 Å². The van der Waals surface area contributed by atoms with Gasteiger partial charge in [-0.15, -0.1) is 0 Å². The molecule has 1 heterocycles. The van der Waals surface area contributed by atoms with Crippen molar-refractivity contribution < 1.29 is 0 Å². The maximum absolute atomic E-state index is 4.49. The first-order valence-electron chi connectivity index (χ1n) is 6.47. The first kappa shape index (κ1) is 10.2. The number of anilines is 1. The smallest absolute Gasteiger partial charge is 0.202 e. The Balaban J connectivity index is 1.74. The van der Waals surface area contributed by atoms with Gasteiger partial charge in [0.15, 0.2) is 0 Å². The van der Waals surface area contributed by atoms with Crippen molar-refractivity contribution in [2.24, 2.45) is 17.8 Å². The van der Waals surface area contributed by atoms with Gasteiger partial charge in [-0.1, -0.05) is 6.42 Å². The predicted molar refractivity (Wildman–Crippen MR) is 65.4 cm³/mol. The van der Waals surface area contributed by atoms with E-state index in [2.05, 4.69) is 28.0 Å². The molecule has 1 N–H and O–H groups in total. The molecule has 88 valence electrons. The lowest BCUT2D eigenvalue weighted by molar-refractivity contribution is 0.297. The summed E-state index contributed by atoms with van der Waals surface area (Å²) in [6.07, 6.45) is 8.08. The fraction of sp³-hybridized carbons (Fsp3) is 0.769. The summed E-state index contributed by atoms with van der Waals surface area (Å²) < 4.78 is 2.31. The van der Waals surface area contributed by atoms with Crippen molar-refractivity contribution >= 4 is 5.95 Å². The Morgan fingerprint density at radius 1 is 1.44 bits per heavy atom. The van der Waals surface area contributed by atoms with Crippen LogP contribution >= 0.6 is 0 Å². The molecule has 0 amide bonds. The summed E-state index contributed by atoms with van der Waals surface area (Å²) >= 11 is 0. The minimum Gasteiger partial charge on any atom is -0.359 e. The SMILES string of the molecule is CNc1nc(C)cn1CC1CC2CCC1C2. The summed E-state index contributed by atoms with van der Waals surface area (Å²) in [5.41, 5.74) is 1.12. The molecule has 2 aliphatic carbocycles. The number of fused-ring (bicyclic) bond motifs is 2. The molecule has 2 fully saturated rings. The zero-order chi connectivity index (χ0) is 11.1. The molecule has 3 unspecified atom stereocenters. The minimum atomic E-state index is 0.902. The molecule has 3 nitrogen and oxygen atoms in total. The van der Waals surface area contributed by atoms with Crippen molar-refractivity contribution in [1.82, 2.24) is 9.55 Å². The highest BCUT2D eigenvalue weighted by Gasteiger charge is 2.39. The Morgan fingerprint density at radius 3 is 2.94 bits per heavy atom. The number of hydrogen-bond donors (Lipinski definition) is 1. The number of aryl methyl sites for hydroxylation is 1. The second-order valence-electron chi connectivity index (χ2n) is 5.54. The van der Waals surface area contributed by atoms with Crippen LogP contribution in [-0.2, 0) is 6.54 Å². The first-order valence-corrected chi connectivity index (χ1v) is 6.47. The van der Waals surface area contributed by atoms with E-state index in [0.717, 1.165) is 35.9 Å². The second kappa shape index (κ2) is 3.79. The molecule has 1 aromatic heterocycles. The van der Waals surface area contributed by atoms with Crippen LogP contribution in [0.4, 0.5) is 5.95 Å². The quantitative estimate of drug-likeness (QED) is 0.847. The number of nitrogens with zero attached hydrogens (tertiary/aromatic N) is 2. The van der Waals surface area contributed by atoms with Crippen molar-refractivity contribution in [1.29, 1.82) is 0 Å². The summed E-state index contributed by atoms with van der Waals surface area (Å²) in [6, 6.07) is 0. The lowest BCUT2D eigenvalue weighted by atomic mass is 9.89. The maximum Gasteiger partial charge on any atom is 0.202 e. The molecule has 2 aliphatic rings. The molecular formula is C13H21N3. The Kier molecular flexibility index (Phi) is 2.41. The van der Waals surface area contributed by atoms with Gasteiger partial charge >= 0.3 is 0 Å². The Bertz CT molecular complexity index is 383. The van der Waals surface area contributed by atoms with Gasteiger partial charge in [-0.2, -0.15) is 0 Å². The van der Waals surface area contributed by atoms with E-state index < -0.39 is 0 Å². The molecule has 0 saturated heterocycles. The summed E-state index contributed by atoms with van der Waals surface area (Å²) in [5.74, 6) is 3.97. The second-order valence-corrected chi connectivity index (χ2v) is 5.54. The highest BCUT2D eigenvalue weighted by atomic mass is 15.2. The van der Waals surface area contributed by atoms with Crippen LogP contribution in [0, 0.1) is 24.7 Å². The topological polar surface area (TPSA) is 29.9 Å². The molecule has 0 spiro atoms. The van der Waals surface area contributed by atoms with E-state index in [9.17, 15) is 0 Å². The van der Waals surface area contributed by atoms with E-state index in [1.807, 2.05) is 7.05 Å². The van der Waals surface area contributed by atoms with Crippen molar-refractivity contribution in [3.63, 3.8) is 0 Å². The molecule has 3 atom stereocenters. The van der Waals surface area contributed by atoms with Crippen LogP contribution in [0.3, 0.4) is 0 Å². The standard InChI is InChI=1S/C13H21N3/c1-9-7-16(13(14-2)15-9)8-12-6-10-3-4-11(12)5-10/h7,10-12H,3-6,8H2,1-2H3,(H,14,15). The van der Waals surface area contributed by atoms with Gasteiger partial charge in [-0.3, -0.25) is 0 Å². The van der Waals surface area contributed by atoms with Gasteiger partial charge in [0.2, 0.25) is 5.95 Å². The Morgan fingerprint density at radius 2 is 2.31 bits per heavy atom. The van der Waals surface area contributed by atoms with Crippen molar-refractivity contribution in [3.8, 4) is 0 Å². The maximum atomic E-state index is 4.49. The molecule has 2 saturated carbocycles. The Labute approximate surface area is 97.3 Å². The lowest BCUT2D eigenvalue weighted by Gasteiger charge is -2.22. The molecule has 16 heavy (non-hydrogen) atoms. The number of rotatable bonds is 3. The zero-order valence-corrected chi connectivity index (χ0v) is 10.2. The van der Waals surface area contributed by atoms with Gasteiger partial charge in [0.1, 0.15) is 0 Å². The fourth-order valence-electron chi connectivity index (χ4n) is 3.74. The van der Waals surface area contributed by atoms with Gasteiger partial charge in [0, 0.05) is 19.8 Å². The summed E-state index contributed by atoms with van der Waals surface area (Å²) in [4.78, 5) is 4.49. The van der Waals surface area contributed by atoms with Crippen LogP contribution in [0.1, 0.15) is 31.4 Å². The largest absolute Gasteiger partial charge is 0.359 e. The van der Waals surface area contributed by atoms with E-state index in [4.69, 9.17) is 0 Å². The van der Waals surface area contributed by atoms with E-state index in [-0.39, 0.29) is 0 Å². The van der Waals surface area contributed by atoms with Crippen LogP contribution in [0.2, 0.25) is 0 Å². The average Bonchev–Trinajstić information content (AvgIpc) is 2.93. The molecule has 1 aromatic rings. The van der Waals surface area contributed by atoms with Crippen LogP contribution in [-0.4, -0.2) is 16.6 Å². The molecule has 0 aromatic carbocycles. The third-order valence-electron chi connectivity index (χ3n) is 4.44. The average molecular weight is 219 g/mol. The monoisotopic (exact) mass is 219 g/mol. The van der Waals surface area contributed by atoms with Crippen LogP contribution in [0.5, 0.6) is 0 Å². The Hall–Kier alpha value is -0.990. The predicted octanol–water partition coefficient (Wildman–Crippen LogP) is 2.67. The summed E-state index contributed by atoms with van der Waals surface area (Å²) in [5, 5.41) is 3.19. The van der Waals surface area contributed by atoms with Gasteiger partial charge in [0.25, 0.3) is 0 Å². The number of aromatic nitrogens is 2. The van der Waals surface area contributed by atoms with Gasteiger partial charge in [0.05, 0.1) is 5.69 Å². The fourth-order valence-corrected chi connectivity index (χ4v) is 3.74. The molecular weight excluding hydrogens is 198 g/mol. The zero-order valence-electron chi connectivity index (χ0n) is 10.2. The highest BCUT2D eigenvalue weighted by Crippen LogP contribution is 2.48. The molecule has 2 bridgehead atoms. The number of nitrogens with one attached hydrogen (secondary N) is 1. The van der Waals surface area contributed by atoms with Crippen LogP contribution in [0.25, 0.3) is 0 Å². The van der Waals surface area contributed by atoms with E-state index in [0.29, 0.717) is 0 Å². The van der Waals surface area contributed by atoms with Gasteiger partial charge in [-0.05, 0) is 43.9 Å². The third kappa shape index (κ3) is 1.62. The van der Waals surface area contributed by atoms with Crippen molar-refractivity contribution in [2.45, 2.75) is 39.2 Å². The molecule has 3 heteroatoms. The summed E-state index contributed by atoms with van der Waals surface area (Å²) in [6.45, 7) is 3.23. The van der Waals surface area contributed by atoms with Gasteiger partial charge < -0.3 is 9.88 Å². The van der Waals surface area contributed by atoms with Crippen molar-refractivity contribution in [3.05, 3.63) is 11.9 Å². The van der Waals surface area contributed by atoms with Crippen molar-refractivity contribution in [2.75, 3.05) is 12.4 Å². The lowest BCUT2D eigenvalue weighted by Crippen LogP contribution is -2.17. The van der Waals surface area contributed by atoms with Crippen LogP contribution < -0.4 is 5.32 Å². The highest BCUT2D eigenvalue weighted by molar-refractivity contribution is 5.27. The number of imidazole rings is 1. The minimum absolute atomic E-state index is 0.902. The number of hydrogen-bond acceptors (Lipinski definition) is 2. The molecule has 0 aliphatic heterocycles. The van der Waals surface area contributed by atoms with E-state index in [1.165, 1.54) is 25.7 Å². The third-order valence-corrected chi connectivity index (χ3v) is 4.44. The van der Waals surface area contributed by atoms with E-state index >= 15 is 0 Å². The van der Waals surface area contributed by atoms with Gasteiger partial charge in [-0.25, -0.2) is 4.98 Å². The summed E-state index contributed by atoms with van der Waals surface area (Å²) in [7, 11) is 1.96. The first-order chi connectivity index (χ1) is 7.76.